The molecule has 2 rings (SSSR count). The lowest BCUT2D eigenvalue weighted by Gasteiger charge is -2.14. The number of rotatable bonds is 9. The van der Waals surface area contributed by atoms with Crippen LogP contribution in [0.1, 0.15) is 15.9 Å². The van der Waals surface area contributed by atoms with E-state index in [9.17, 15) is 18.0 Å². The van der Waals surface area contributed by atoms with Crippen LogP contribution in [-0.2, 0) is 14.4 Å². The quantitative estimate of drug-likeness (QED) is 0.274. The fraction of sp³-hybridized carbons (Fsp3) is 0.263. The van der Waals surface area contributed by atoms with Crippen LogP contribution < -0.4 is 16.5 Å². The van der Waals surface area contributed by atoms with Crippen molar-refractivity contribution in [1.29, 1.82) is 0 Å². The summed E-state index contributed by atoms with van der Waals surface area (Å²) in [6, 6.07) is 5.98. The van der Waals surface area contributed by atoms with Crippen molar-refractivity contribution in [2.75, 3.05) is 31.7 Å². The van der Waals surface area contributed by atoms with Gasteiger partial charge in [0, 0.05) is 0 Å². The van der Waals surface area contributed by atoms with Gasteiger partial charge in [0.1, 0.15) is 5.82 Å². The number of nitrogens with two attached hydrogens (primary N) is 1. The summed E-state index contributed by atoms with van der Waals surface area (Å²) < 4.78 is 46.8. The summed E-state index contributed by atoms with van der Waals surface area (Å²) in [7, 11) is 0. The third-order valence-corrected chi connectivity index (χ3v) is 3.45. The van der Waals surface area contributed by atoms with E-state index in [0.29, 0.717) is 5.56 Å². The van der Waals surface area contributed by atoms with Gasteiger partial charge in [-0.15, -0.1) is 0 Å². The predicted molar refractivity (Wildman–Crippen MR) is 102 cm³/mol. The zero-order valence-electron chi connectivity index (χ0n) is 16.1. The second-order valence-corrected chi connectivity index (χ2v) is 5.64. The molecule has 0 saturated carbocycles. The van der Waals surface area contributed by atoms with E-state index in [4.69, 9.17) is 19.5 Å². The van der Waals surface area contributed by atoms with Gasteiger partial charge in [-0.05, 0) is 36.8 Å². The number of hydroxylamine groups is 1. The van der Waals surface area contributed by atoms with Crippen molar-refractivity contribution in [2.24, 2.45) is 5.73 Å². The number of aliphatic hydroxyl groups is 1. The second-order valence-electron chi connectivity index (χ2n) is 5.64. The normalized spacial score (nSPS) is 10.0. The highest BCUT2D eigenvalue weighted by atomic mass is 19.2. The molecule has 8 nitrogen and oxygen atoms in total. The monoisotopic (exact) mass is 429 g/mol. The van der Waals surface area contributed by atoms with E-state index in [1.807, 2.05) is 0 Å². The number of hydrogen-bond acceptors (Lipinski definition) is 6. The summed E-state index contributed by atoms with van der Waals surface area (Å²) in [5.41, 5.74) is 5.98. The predicted octanol–water partition coefficient (Wildman–Crippen LogP) is 1.93. The van der Waals surface area contributed by atoms with Gasteiger partial charge in [-0.1, -0.05) is 6.07 Å². The van der Waals surface area contributed by atoms with Crippen molar-refractivity contribution in [2.45, 2.75) is 6.92 Å². The summed E-state index contributed by atoms with van der Waals surface area (Å²) in [5.74, 6) is -4.05. The molecule has 2 aromatic rings. The maximum absolute atomic E-state index is 14.2. The van der Waals surface area contributed by atoms with E-state index >= 15 is 0 Å². The van der Waals surface area contributed by atoms with Crippen LogP contribution in [0.15, 0.2) is 30.3 Å². The number of ether oxygens (including phenoxy) is 1. The molecule has 0 fully saturated rings. The number of anilines is 2. The summed E-state index contributed by atoms with van der Waals surface area (Å²) in [6.45, 7) is 1.74. The van der Waals surface area contributed by atoms with E-state index in [0.717, 1.165) is 12.1 Å². The van der Waals surface area contributed by atoms with Crippen LogP contribution in [0, 0.1) is 24.4 Å². The molecular formula is C19H22F3N3O5. The van der Waals surface area contributed by atoms with E-state index < -0.39 is 29.0 Å². The molecule has 0 saturated heterocycles. The molecule has 5 N–H and O–H groups in total. The largest absolute Gasteiger partial charge is 0.394 e. The van der Waals surface area contributed by atoms with Crippen molar-refractivity contribution in [3.8, 4) is 0 Å². The number of amides is 2. The van der Waals surface area contributed by atoms with Gasteiger partial charge < -0.3 is 20.9 Å². The van der Waals surface area contributed by atoms with Gasteiger partial charge in [-0.2, -0.15) is 0 Å². The topological polar surface area (TPSA) is 123 Å². The van der Waals surface area contributed by atoms with Crippen molar-refractivity contribution < 1.29 is 37.4 Å². The minimum atomic E-state index is -1.33. The van der Waals surface area contributed by atoms with Gasteiger partial charge in [0.2, 0.25) is 6.41 Å². The number of aryl methyl sites for hydroxylation is 1. The van der Waals surface area contributed by atoms with Crippen molar-refractivity contribution >= 4 is 23.7 Å². The van der Waals surface area contributed by atoms with E-state index in [-0.39, 0.29) is 44.1 Å². The molecule has 0 aliphatic heterocycles. The third-order valence-electron chi connectivity index (χ3n) is 3.45. The average molecular weight is 429 g/mol. The Labute approximate surface area is 170 Å². The molecule has 0 aliphatic rings. The smallest absolute Gasteiger partial charge is 0.277 e. The molecule has 0 heterocycles. The lowest BCUT2D eigenvalue weighted by atomic mass is 10.1. The molecule has 0 bridgehead atoms. The summed E-state index contributed by atoms with van der Waals surface area (Å²) in [6.07, 6.45) is 0.250. The SMILES string of the molecule is Cc1ccc(Nc2c(C(=O)NOCCOCCO)ccc(F)c2F)c(F)c1.NC=O. The summed E-state index contributed by atoms with van der Waals surface area (Å²) in [5, 5.41) is 11.0. The van der Waals surface area contributed by atoms with Crippen molar-refractivity contribution in [1.82, 2.24) is 5.48 Å². The van der Waals surface area contributed by atoms with Gasteiger partial charge in [0.05, 0.1) is 43.4 Å². The van der Waals surface area contributed by atoms with Crippen LogP contribution in [0.2, 0.25) is 0 Å². The average Bonchev–Trinajstić information content (AvgIpc) is 2.70. The standard InChI is InChI=1S/C18H19F3N2O4.CH3NO/c1-11-2-5-15(14(20)10-11)22-17-12(3-4-13(19)16(17)21)18(25)23-27-9-8-26-7-6-24;2-1-3/h2-5,10,22,24H,6-9H2,1H3,(H,23,25);1H,(H2,2,3). The maximum Gasteiger partial charge on any atom is 0.277 e. The van der Waals surface area contributed by atoms with E-state index in [1.165, 1.54) is 12.1 Å². The first-order valence-corrected chi connectivity index (χ1v) is 8.63. The number of carbonyl (C=O) groups is 2. The van der Waals surface area contributed by atoms with Crippen molar-refractivity contribution in [3.63, 3.8) is 0 Å². The van der Waals surface area contributed by atoms with Crippen molar-refractivity contribution in [3.05, 3.63) is 58.9 Å². The fourth-order valence-electron chi connectivity index (χ4n) is 2.16. The number of primary amides is 1. The molecular weight excluding hydrogens is 407 g/mol. The number of hydrogen-bond donors (Lipinski definition) is 4. The number of benzene rings is 2. The molecule has 0 aromatic heterocycles. The Morgan fingerprint density at radius 1 is 1.13 bits per heavy atom. The Balaban J connectivity index is 0.00000141. The lowest BCUT2D eigenvalue weighted by molar-refractivity contribution is -0.106. The van der Waals surface area contributed by atoms with Gasteiger partial charge >= 0.3 is 0 Å². The van der Waals surface area contributed by atoms with Gasteiger partial charge in [-0.3, -0.25) is 14.4 Å². The number of carbonyl (C=O) groups excluding carboxylic acids is 2. The molecule has 0 aliphatic carbocycles. The zero-order chi connectivity index (χ0) is 22.5. The molecule has 164 valence electrons. The highest BCUT2D eigenvalue weighted by Crippen LogP contribution is 2.28. The molecule has 0 atom stereocenters. The zero-order valence-corrected chi connectivity index (χ0v) is 16.1. The number of halogens is 3. The Morgan fingerprint density at radius 3 is 2.47 bits per heavy atom. The number of nitrogens with one attached hydrogen (secondary N) is 2. The molecule has 2 amide bonds. The van der Waals surface area contributed by atoms with Gasteiger partial charge in [0.25, 0.3) is 5.91 Å². The Bertz CT molecular complexity index is 852. The lowest BCUT2D eigenvalue weighted by Crippen LogP contribution is -2.27. The van der Waals surface area contributed by atoms with Crippen LogP contribution >= 0.6 is 0 Å². The van der Waals surface area contributed by atoms with E-state index in [2.05, 4.69) is 16.5 Å². The molecule has 11 heteroatoms. The Kier molecular flexibility index (Phi) is 10.9. The van der Waals surface area contributed by atoms with Gasteiger partial charge in [-0.25, -0.2) is 18.7 Å². The maximum atomic E-state index is 14.2. The van der Waals surface area contributed by atoms with Crippen LogP contribution in [0.25, 0.3) is 0 Å². The minimum absolute atomic E-state index is 0.0230. The highest BCUT2D eigenvalue weighted by Gasteiger charge is 2.20. The highest BCUT2D eigenvalue weighted by molar-refractivity contribution is 5.99. The third kappa shape index (κ3) is 7.70. The van der Waals surface area contributed by atoms with E-state index in [1.54, 1.807) is 13.0 Å². The van der Waals surface area contributed by atoms with Crippen LogP contribution in [0.4, 0.5) is 24.5 Å². The fourth-order valence-corrected chi connectivity index (χ4v) is 2.16. The van der Waals surface area contributed by atoms with Crippen LogP contribution in [0.3, 0.4) is 0 Å². The molecule has 30 heavy (non-hydrogen) atoms. The molecule has 0 radical (unpaired) electrons. The number of aliphatic hydroxyl groups excluding tert-OH is 1. The second kappa shape index (κ2) is 13.1. The molecule has 0 unspecified atom stereocenters. The first-order valence-electron chi connectivity index (χ1n) is 8.63. The minimum Gasteiger partial charge on any atom is -0.394 e. The molecule has 2 aromatic carbocycles. The first kappa shape index (κ1) is 24.9. The Hall–Kier alpha value is -3.15. The Morgan fingerprint density at radius 2 is 1.83 bits per heavy atom. The summed E-state index contributed by atoms with van der Waals surface area (Å²) in [4.78, 5) is 25.7. The van der Waals surface area contributed by atoms with Gasteiger partial charge in [0.15, 0.2) is 11.6 Å². The van der Waals surface area contributed by atoms with Crippen LogP contribution in [-0.4, -0.2) is 43.9 Å². The van der Waals surface area contributed by atoms with Crippen LogP contribution in [0.5, 0.6) is 0 Å². The summed E-state index contributed by atoms with van der Waals surface area (Å²) >= 11 is 0. The molecule has 0 spiro atoms. The first-order chi connectivity index (χ1) is 14.3.